The van der Waals surface area contributed by atoms with Gasteiger partial charge in [0.15, 0.2) is 0 Å². The van der Waals surface area contributed by atoms with Gasteiger partial charge in [0.05, 0.1) is 6.54 Å². The van der Waals surface area contributed by atoms with Gasteiger partial charge in [-0.1, -0.05) is 27.7 Å². The van der Waals surface area contributed by atoms with Crippen molar-refractivity contribution in [2.24, 2.45) is 17.8 Å². The Morgan fingerprint density at radius 1 is 1.11 bits per heavy atom. The summed E-state index contributed by atoms with van der Waals surface area (Å²) in [6, 6.07) is 0.371. The fourth-order valence-corrected chi connectivity index (χ4v) is 2.42. The lowest BCUT2D eigenvalue weighted by atomic mass is 9.85. The quantitative estimate of drug-likeness (QED) is 0.811. The molecule has 0 spiro atoms. The van der Waals surface area contributed by atoms with Crippen LogP contribution < -0.4 is 5.32 Å². The summed E-state index contributed by atoms with van der Waals surface area (Å²) in [7, 11) is 0. The molecule has 0 atom stereocenters. The number of hydrogen-bond acceptors (Lipinski definition) is 3. The van der Waals surface area contributed by atoms with Gasteiger partial charge in [0.25, 0.3) is 0 Å². The molecule has 0 bridgehead atoms. The van der Waals surface area contributed by atoms with Crippen LogP contribution in [-0.4, -0.2) is 21.3 Å². The molecule has 18 heavy (non-hydrogen) atoms. The molecule has 1 aromatic heterocycles. The maximum absolute atomic E-state index is 4.31. The van der Waals surface area contributed by atoms with Crippen molar-refractivity contribution < 1.29 is 0 Å². The van der Waals surface area contributed by atoms with Crippen LogP contribution in [0.4, 0.5) is 0 Å². The van der Waals surface area contributed by atoms with Gasteiger partial charge in [-0.2, -0.15) is 5.10 Å². The third-order valence-electron chi connectivity index (χ3n) is 3.51. The smallest absolute Gasteiger partial charge is 0.141 e. The maximum atomic E-state index is 4.31. The Kier molecular flexibility index (Phi) is 5.79. The summed E-state index contributed by atoms with van der Waals surface area (Å²) in [6.45, 7) is 15.3. The summed E-state index contributed by atoms with van der Waals surface area (Å²) >= 11 is 0. The van der Waals surface area contributed by atoms with E-state index in [1.54, 1.807) is 6.33 Å². The first-order valence-electron chi connectivity index (χ1n) is 7.02. The molecule has 0 aliphatic rings. The van der Waals surface area contributed by atoms with Crippen molar-refractivity contribution in [3.05, 3.63) is 12.2 Å². The Labute approximate surface area is 111 Å². The molecule has 0 aliphatic carbocycles. The lowest BCUT2D eigenvalue weighted by Gasteiger charge is -2.25. The van der Waals surface area contributed by atoms with Gasteiger partial charge < -0.3 is 5.32 Å². The first kappa shape index (κ1) is 15.2. The van der Waals surface area contributed by atoms with Gasteiger partial charge in [-0.25, -0.2) is 9.67 Å². The molecule has 0 saturated carbocycles. The van der Waals surface area contributed by atoms with Crippen LogP contribution in [0.1, 0.15) is 53.4 Å². The lowest BCUT2D eigenvalue weighted by Crippen LogP contribution is -2.30. The molecule has 1 aromatic rings. The Balaban J connectivity index is 2.48. The number of nitrogens with zero attached hydrogens (tertiary/aromatic N) is 3. The SMILES string of the molecule is CC(C)C(CNCc1ncnn1C(C)C)C(C)C. The molecule has 0 aliphatic heterocycles. The molecule has 4 nitrogen and oxygen atoms in total. The molecule has 0 saturated heterocycles. The van der Waals surface area contributed by atoms with Crippen LogP contribution in [0.25, 0.3) is 0 Å². The standard InChI is InChI=1S/C14H28N4/c1-10(2)13(11(3)4)7-15-8-14-16-9-17-18(14)12(5)6/h9-13,15H,7-8H2,1-6H3. The second-order valence-electron chi connectivity index (χ2n) is 6.00. The summed E-state index contributed by atoms with van der Waals surface area (Å²) in [5.41, 5.74) is 0. The fourth-order valence-electron chi connectivity index (χ4n) is 2.42. The van der Waals surface area contributed by atoms with Crippen LogP contribution in [0, 0.1) is 17.8 Å². The summed E-state index contributed by atoms with van der Waals surface area (Å²) in [5.74, 6) is 3.15. The first-order valence-corrected chi connectivity index (χ1v) is 7.02. The summed E-state index contributed by atoms with van der Waals surface area (Å²) in [4.78, 5) is 4.31. The second-order valence-corrected chi connectivity index (χ2v) is 6.00. The van der Waals surface area contributed by atoms with E-state index < -0.39 is 0 Å². The Hall–Kier alpha value is -0.900. The number of nitrogens with one attached hydrogen (secondary N) is 1. The highest BCUT2D eigenvalue weighted by Crippen LogP contribution is 2.19. The highest BCUT2D eigenvalue weighted by atomic mass is 15.3. The normalized spacial score (nSPS) is 12.3. The molecule has 0 amide bonds. The van der Waals surface area contributed by atoms with E-state index in [1.807, 2.05) is 4.68 Å². The first-order chi connectivity index (χ1) is 8.43. The zero-order chi connectivity index (χ0) is 13.7. The van der Waals surface area contributed by atoms with Crippen LogP contribution >= 0.6 is 0 Å². The van der Waals surface area contributed by atoms with E-state index in [2.05, 4.69) is 56.9 Å². The minimum Gasteiger partial charge on any atom is -0.310 e. The topological polar surface area (TPSA) is 42.7 Å². The number of hydrogen-bond donors (Lipinski definition) is 1. The van der Waals surface area contributed by atoms with Gasteiger partial charge in [0.2, 0.25) is 0 Å². The molecule has 1 N–H and O–H groups in total. The predicted molar refractivity (Wildman–Crippen MR) is 75.3 cm³/mol. The van der Waals surface area contributed by atoms with Gasteiger partial charge in [0.1, 0.15) is 12.2 Å². The maximum Gasteiger partial charge on any atom is 0.141 e. The van der Waals surface area contributed by atoms with E-state index in [1.165, 1.54) is 0 Å². The molecule has 0 fully saturated rings. The van der Waals surface area contributed by atoms with Gasteiger partial charge in [-0.05, 0) is 38.1 Å². The summed E-state index contributed by atoms with van der Waals surface area (Å²) in [6.07, 6.45) is 1.64. The zero-order valence-electron chi connectivity index (χ0n) is 12.6. The molecule has 1 heterocycles. The number of rotatable bonds is 7. The van der Waals surface area contributed by atoms with Crippen molar-refractivity contribution in [3.8, 4) is 0 Å². The molecule has 104 valence electrons. The van der Waals surface area contributed by atoms with E-state index in [0.717, 1.165) is 18.9 Å². The van der Waals surface area contributed by atoms with Crippen molar-refractivity contribution in [1.29, 1.82) is 0 Å². The minimum atomic E-state index is 0.371. The highest BCUT2D eigenvalue weighted by Gasteiger charge is 2.17. The molecular weight excluding hydrogens is 224 g/mol. The second kappa shape index (κ2) is 6.88. The Morgan fingerprint density at radius 2 is 1.72 bits per heavy atom. The van der Waals surface area contributed by atoms with E-state index in [0.29, 0.717) is 23.8 Å². The van der Waals surface area contributed by atoms with E-state index in [4.69, 9.17) is 0 Å². The summed E-state index contributed by atoms with van der Waals surface area (Å²) < 4.78 is 1.98. The molecular formula is C14H28N4. The van der Waals surface area contributed by atoms with Crippen LogP contribution in [0.2, 0.25) is 0 Å². The highest BCUT2D eigenvalue weighted by molar-refractivity contribution is 4.86. The molecule has 0 aromatic carbocycles. The predicted octanol–water partition coefficient (Wildman–Crippen LogP) is 2.88. The fraction of sp³-hybridized carbons (Fsp3) is 0.857. The molecule has 0 radical (unpaired) electrons. The van der Waals surface area contributed by atoms with Gasteiger partial charge in [-0.3, -0.25) is 0 Å². The Morgan fingerprint density at radius 3 is 2.22 bits per heavy atom. The molecule has 1 rings (SSSR count). The Bertz CT molecular complexity index is 333. The lowest BCUT2D eigenvalue weighted by molar-refractivity contribution is 0.273. The van der Waals surface area contributed by atoms with Crippen molar-refractivity contribution in [1.82, 2.24) is 20.1 Å². The number of aromatic nitrogens is 3. The van der Waals surface area contributed by atoms with Crippen molar-refractivity contribution in [2.45, 2.75) is 54.1 Å². The zero-order valence-corrected chi connectivity index (χ0v) is 12.6. The molecule has 0 unspecified atom stereocenters. The largest absolute Gasteiger partial charge is 0.310 e. The molecule has 4 heteroatoms. The summed E-state index contributed by atoms with van der Waals surface area (Å²) in [5, 5.41) is 7.77. The van der Waals surface area contributed by atoms with Crippen LogP contribution in [-0.2, 0) is 6.54 Å². The van der Waals surface area contributed by atoms with Crippen LogP contribution in [0.15, 0.2) is 6.33 Å². The van der Waals surface area contributed by atoms with E-state index in [9.17, 15) is 0 Å². The van der Waals surface area contributed by atoms with Gasteiger partial charge >= 0.3 is 0 Å². The van der Waals surface area contributed by atoms with Gasteiger partial charge in [-0.15, -0.1) is 0 Å². The van der Waals surface area contributed by atoms with Gasteiger partial charge in [0, 0.05) is 6.04 Å². The third kappa shape index (κ3) is 4.09. The van der Waals surface area contributed by atoms with Crippen LogP contribution in [0.3, 0.4) is 0 Å². The third-order valence-corrected chi connectivity index (χ3v) is 3.51. The minimum absolute atomic E-state index is 0.371. The van der Waals surface area contributed by atoms with E-state index in [-0.39, 0.29) is 0 Å². The van der Waals surface area contributed by atoms with Crippen LogP contribution in [0.5, 0.6) is 0 Å². The van der Waals surface area contributed by atoms with E-state index >= 15 is 0 Å². The van der Waals surface area contributed by atoms with Crippen molar-refractivity contribution in [3.63, 3.8) is 0 Å². The monoisotopic (exact) mass is 252 g/mol. The average molecular weight is 252 g/mol. The van der Waals surface area contributed by atoms with Crippen molar-refractivity contribution in [2.75, 3.05) is 6.54 Å². The van der Waals surface area contributed by atoms with Crippen molar-refractivity contribution >= 4 is 0 Å². The average Bonchev–Trinajstić information content (AvgIpc) is 2.71.